The number of benzene rings is 2. The van der Waals surface area contributed by atoms with E-state index in [2.05, 4.69) is 0 Å². The molecule has 0 atom stereocenters. The van der Waals surface area contributed by atoms with Crippen LogP contribution in [0, 0.1) is 0 Å². The summed E-state index contributed by atoms with van der Waals surface area (Å²) in [4.78, 5) is 22.1. The maximum Gasteiger partial charge on any atom is 0.337 e. The minimum Gasteiger partial charge on any atom is -0.478 e. The van der Waals surface area contributed by atoms with Crippen molar-refractivity contribution in [3.8, 4) is 0 Å². The van der Waals surface area contributed by atoms with E-state index in [9.17, 15) is 9.59 Å². The lowest BCUT2D eigenvalue weighted by Crippen LogP contribution is -2.08. The molecule has 0 saturated heterocycles. The second-order valence-electron chi connectivity index (χ2n) is 5.26. The summed E-state index contributed by atoms with van der Waals surface area (Å²) in [6.45, 7) is 1.98. The van der Waals surface area contributed by atoms with Gasteiger partial charge >= 0.3 is 11.9 Å². The fourth-order valence-corrected chi connectivity index (χ4v) is 2.65. The highest BCUT2D eigenvalue weighted by atomic mass is 16.4. The van der Waals surface area contributed by atoms with Gasteiger partial charge < -0.3 is 21.7 Å². The number of hydrogen-bond acceptors (Lipinski definition) is 4. The third-order valence-corrected chi connectivity index (χ3v) is 3.83. The SMILES string of the molecule is CCC(c1ccc(C(=O)O)c(N)c1)c1ccc(C(=O)O)c(N)c1. The number of carbonyl (C=O) groups is 2. The van der Waals surface area contributed by atoms with Crippen LogP contribution in [0.3, 0.4) is 0 Å². The number of carboxylic acid groups (broad SMARTS) is 2. The van der Waals surface area contributed by atoms with E-state index in [1.54, 1.807) is 24.3 Å². The average Bonchev–Trinajstić information content (AvgIpc) is 2.47. The van der Waals surface area contributed by atoms with Crippen molar-refractivity contribution in [2.24, 2.45) is 0 Å². The smallest absolute Gasteiger partial charge is 0.337 e. The summed E-state index contributed by atoms with van der Waals surface area (Å²) in [5, 5.41) is 18.1. The van der Waals surface area contributed by atoms with Crippen LogP contribution in [-0.2, 0) is 0 Å². The first kappa shape index (κ1) is 16.4. The Hall–Kier alpha value is -3.02. The lowest BCUT2D eigenvalue weighted by atomic mass is 9.87. The van der Waals surface area contributed by atoms with Crippen LogP contribution in [0.4, 0.5) is 11.4 Å². The monoisotopic (exact) mass is 314 g/mol. The number of hydrogen-bond donors (Lipinski definition) is 4. The Balaban J connectivity index is 2.44. The Kier molecular flexibility index (Phi) is 4.55. The van der Waals surface area contributed by atoms with Gasteiger partial charge in [-0.3, -0.25) is 0 Å². The van der Waals surface area contributed by atoms with Gasteiger partial charge in [-0.25, -0.2) is 9.59 Å². The highest BCUT2D eigenvalue weighted by molar-refractivity contribution is 5.94. The number of nitrogen functional groups attached to an aromatic ring is 2. The van der Waals surface area contributed by atoms with Gasteiger partial charge in [-0.1, -0.05) is 19.1 Å². The van der Waals surface area contributed by atoms with Crippen LogP contribution < -0.4 is 11.5 Å². The van der Waals surface area contributed by atoms with Crippen LogP contribution in [0.5, 0.6) is 0 Å². The van der Waals surface area contributed by atoms with Crippen molar-refractivity contribution >= 4 is 23.3 Å². The third kappa shape index (κ3) is 3.26. The van der Waals surface area contributed by atoms with Crippen molar-refractivity contribution in [3.05, 3.63) is 58.7 Å². The molecule has 6 N–H and O–H groups in total. The van der Waals surface area contributed by atoms with E-state index in [0.29, 0.717) is 0 Å². The van der Waals surface area contributed by atoms with Crippen LogP contribution in [-0.4, -0.2) is 22.2 Å². The third-order valence-electron chi connectivity index (χ3n) is 3.83. The molecule has 2 rings (SSSR count). The molecule has 0 aromatic heterocycles. The van der Waals surface area contributed by atoms with Gasteiger partial charge in [0.1, 0.15) is 0 Å². The summed E-state index contributed by atoms with van der Waals surface area (Å²) in [6, 6.07) is 9.66. The first-order chi connectivity index (χ1) is 10.8. The van der Waals surface area contributed by atoms with E-state index in [1.807, 2.05) is 6.92 Å². The molecule has 6 heteroatoms. The minimum atomic E-state index is -1.07. The van der Waals surface area contributed by atoms with Gasteiger partial charge in [0.2, 0.25) is 0 Å². The molecule has 2 aromatic rings. The summed E-state index contributed by atoms with van der Waals surface area (Å²) in [7, 11) is 0. The maximum absolute atomic E-state index is 11.0. The van der Waals surface area contributed by atoms with Crippen molar-refractivity contribution < 1.29 is 19.8 Å². The summed E-state index contributed by atoms with van der Waals surface area (Å²) in [5.74, 6) is -2.19. The molecule has 2 aromatic carbocycles. The Morgan fingerprint density at radius 3 is 1.57 bits per heavy atom. The van der Waals surface area contributed by atoms with Crippen LogP contribution in [0.2, 0.25) is 0 Å². The van der Waals surface area contributed by atoms with Gasteiger partial charge in [0, 0.05) is 17.3 Å². The van der Waals surface area contributed by atoms with Gasteiger partial charge in [0.05, 0.1) is 11.1 Å². The number of aromatic carboxylic acids is 2. The van der Waals surface area contributed by atoms with Gasteiger partial charge in [-0.05, 0) is 41.8 Å². The van der Waals surface area contributed by atoms with E-state index in [1.165, 1.54) is 12.1 Å². The minimum absolute atomic E-state index is 0.0507. The van der Waals surface area contributed by atoms with Crippen molar-refractivity contribution in [2.45, 2.75) is 19.3 Å². The van der Waals surface area contributed by atoms with E-state index in [-0.39, 0.29) is 28.4 Å². The van der Waals surface area contributed by atoms with E-state index < -0.39 is 11.9 Å². The zero-order valence-electron chi connectivity index (χ0n) is 12.6. The summed E-state index contributed by atoms with van der Waals surface area (Å²) in [5.41, 5.74) is 13.8. The average molecular weight is 314 g/mol. The number of rotatable bonds is 5. The van der Waals surface area contributed by atoms with Crippen molar-refractivity contribution in [1.82, 2.24) is 0 Å². The summed E-state index contributed by atoms with van der Waals surface area (Å²) < 4.78 is 0. The highest BCUT2D eigenvalue weighted by Crippen LogP contribution is 2.31. The van der Waals surface area contributed by atoms with Crippen LogP contribution in [0.15, 0.2) is 36.4 Å². The second kappa shape index (κ2) is 6.39. The quantitative estimate of drug-likeness (QED) is 0.628. The van der Waals surface area contributed by atoms with Crippen molar-refractivity contribution in [1.29, 1.82) is 0 Å². The maximum atomic E-state index is 11.0. The fourth-order valence-electron chi connectivity index (χ4n) is 2.65. The van der Waals surface area contributed by atoms with Gasteiger partial charge in [0.15, 0.2) is 0 Å². The number of carboxylic acids is 2. The molecule has 0 bridgehead atoms. The molecular weight excluding hydrogens is 296 g/mol. The van der Waals surface area contributed by atoms with Crippen LogP contribution in [0.25, 0.3) is 0 Å². The zero-order chi connectivity index (χ0) is 17.1. The molecule has 6 nitrogen and oxygen atoms in total. The zero-order valence-corrected chi connectivity index (χ0v) is 12.6. The molecule has 0 saturated carbocycles. The molecular formula is C17H18N2O4. The van der Waals surface area contributed by atoms with Gasteiger partial charge in [0.25, 0.3) is 0 Å². The Labute approximate surface area is 133 Å². The largest absolute Gasteiger partial charge is 0.478 e. The van der Waals surface area contributed by atoms with E-state index in [4.69, 9.17) is 21.7 Å². The van der Waals surface area contributed by atoms with E-state index >= 15 is 0 Å². The van der Waals surface area contributed by atoms with Crippen molar-refractivity contribution in [3.63, 3.8) is 0 Å². The number of anilines is 2. The lowest BCUT2D eigenvalue weighted by molar-refractivity contribution is 0.0687. The fraction of sp³-hybridized carbons (Fsp3) is 0.176. The first-order valence-corrected chi connectivity index (χ1v) is 7.10. The summed E-state index contributed by atoms with van der Waals surface area (Å²) >= 11 is 0. The van der Waals surface area contributed by atoms with Crippen molar-refractivity contribution in [2.75, 3.05) is 11.5 Å². The molecule has 0 unspecified atom stereocenters. The predicted octanol–water partition coefficient (Wildman–Crippen LogP) is 2.79. The van der Waals surface area contributed by atoms with Gasteiger partial charge in [-0.2, -0.15) is 0 Å². The van der Waals surface area contributed by atoms with E-state index in [0.717, 1.165) is 17.5 Å². The molecule has 120 valence electrons. The molecule has 0 spiro atoms. The predicted molar refractivity (Wildman–Crippen MR) is 87.8 cm³/mol. The topological polar surface area (TPSA) is 127 Å². The molecule has 23 heavy (non-hydrogen) atoms. The lowest BCUT2D eigenvalue weighted by Gasteiger charge is -2.18. The molecule has 0 fully saturated rings. The Bertz CT molecular complexity index is 708. The molecule has 0 aliphatic heterocycles. The molecule has 0 aliphatic rings. The molecule has 0 aliphatic carbocycles. The molecule has 0 amide bonds. The second-order valence-corrected chi connectivity index (χ2v) is 5.26. The Morgan fingerprint density at radius 2 is 1.30 bits per heavy atom. The number of nitrogens with two attached hydrogens (primary N) is 2. The molecule has 0 heterocycles. The first-order valence-electron chi connectivity index (χ1n) is 7.10. The Morgan fingerprint density at radius 1 is 0.913 bits per heavy atom. The summed E-state index contributed by atoms with van der Waals surface area (Å²) in [6.07, 6.45) is 0.734. The van der Waals surface area contributed by atoms with Gasteiger partial charge in [-0.15, -0.1) is 0 Å². The standard InChI is InChI=1S/C17H18N2O4/c1-2-11(9-3-5-12(16(20)21)14(18)7-9)10-4-6-13(17(22)23)15(19)8-10/h3-8,11H,2,18-19H2,1H3,(H,20,21)(H,22,23). The van der Waals surface area contributed by atoms with Crippen LogP contribution in [0.1, 0.15) is 51.1 Å². The highest BCUT2D eigenvalue weighted by Gasteiger charge is 2.17. The normalized spacial score (nSPS) is 10.7. The van der Waals surface area contributed by atoms with Crippen LogP contribution >= 0.6 is 0 Å². The molecule has 0 radical (unpaired) electrons.